The Labute approximate surface area is 122 Å². The van der Waals surface area contributed by atoms with Gasteiger partial charge in [-0.2, -0.15) is 0 Å². The third-order valence-corrected chi connectivity index (χ3v) is 2.94. The lowest BCUT2D eigenvalue weighted by molar-refractivity contribution is -0.386. The lowest BCUT2D eigenvalue weighted by Crippen LogP contribution is -2.10. The Balaban J connectivity index is 2.39. The van der Waals surface area contributed by atoms with E-state index >= 15 is 0 Å². The number of pyridine rings is 1. The van der Waals surface area contributed by atoms with Crippen LogP contribution in [0.3, 0.4) is 0 Å². The molecule has 0 unspecified atom stereocenters. The van der Waals surface area contributed by atoms with Crippen molar-refractivity contribution in [2.45, 2.75) is 26.7 Å². The van der Waals surface area contributed by atoms with Crippen LogP contribution < -0.4 is 5.32 Å². The van der Waals surface area contributed by atoms with Gasteiger partial charge < -0.3 is 5.32 Å². The first kappa shape index (κ1) is 14.8. The van der Waals surface area contributed by atoms with E-state index in [0.717, 1.165) is 18.5 Å². The summed E-state index contributed by atoms with van der Waals surface area (Å²) in [5.41, 5.74) is 1.62. The zero-order chi connectivity index (χ0) is 15.2. The van der Waals surface area contributed by atoms with Crippen LogP contribution in [0.25, 0.3) is 0 Å². The lowest BCUT2D eigenvalue weighted by atomic mass is 10.1. The molecule has 2 aromatic heterocycles. The van der Waals surface area contributed by atoms with Crippen molar-refractivity contribution < 1.29 is 4.92 Å². The molecule has 0 fully saturated rings. The number of nitrogens with zero attached hydrogens (tertiary/aromatic N) is 4. The van der Waals surface area contributed by atoms with Crippen molar-refractivity contribution in [3.63, 3.8) is 0 Å². The van der Waals surface area contributed by atoms with Crippen molar-refractivity contribution in [1.29, 1.82) is 0 Å². The summed E-state index contributed by atoms with van der Waals surface area (Å²) in [6, 6.07) is 3.67. The molecule has 0 aliphatic carbocycles. The van der Waals surface area contributed by atoms with Crippen LogP contribution in [0.15, 0.2) is 24.5 Å². The van der Waals surface area contributed by atoms with E-state index in [4.69, 9.17) is 0 Å². The van der Waals surface area contributed by atoms with Crippen LogP contribution in [0.1, 0.15) is 30.3 Å². The van der Waals surface area contributed by atoms with E-state index in [1.54, 1.807) is 25.4 Å². The van der Waals surface area contributed by atoms with Crippen molar-refractivity contribution in [3.05, 3.63) is 51.6 Å². The molecule has 0 atom stereocenters. The Bertz CT molecular complexity index is 631. The molecule has 7 heteroatoms. The van der Waals surface area contributed by atoms with Crippen molar-refractivity contribution in [1.82, 2.24) is 15.0 Å². The molecule has 0 aromatic carbocycles. The van der Waals surface area contributed by atoms with Crippen LogP contribution in [-0.4, -0.2) is 26.4 Å². The fourth-order valence-corrected chi connectivity index (χ4v) is 2.00. The molecular weight excluding hydrogens is 270 g/mol. The highest BCUT2D eigenvalue weighted by atomic mass is 16.6. The van der Waals surface area contributed by atoms with Crippen LogP contribution in [0.5, 0.6) is 0 Å². The van der Waals surface area contributed by atoms with E-state index in [2.05, 4.69) is 20.3 Å². The van der Waals surface area contributed by atoms with Crippen LogP contribution in [0.4, 0.5) is 11.6 Å². The maximum atomic E-state index is 11.2. The predicted molar refractivity (Wildman–Crippen MR) is 79.2 cm³/mol. The average Bonchev–Trinajstić information content (AvgIpc) is 2.45. The molecule has 0 bridgehead atoms. The van der Waals surface area contributed by atoms with Gasteiger partial charge in [0.25, 0.3) is 0 Å². The number of aromatic nitrogens is 3. The Morgan fingerprint density at radius 2 is 2.19 bits per heavy atom. The van der Waals surface area contributed by atoms with Gasteiger partial charge in [0.1, 0.15) is 11.4 Å². The topological polar surface area (TPSA) is 93.8 Å². The molecule has 110 valence electrons. The van der Waals surface area contributed by atoms with Gasteiger partial charge in [-0.15, -0.1) is 0 Å². The highest BCUT2D eigenvalue weighted by Gasteiger charge is 2.22. The first-order valence-corrected chi connectivity index (χ1v) is 6.76. The van der Waals surface area contributed by atoms with Crippen molar-refractivity contribution in [2.24, 2.45) is 0 Å². The van der Waals surface area contributed by atoms with Crippen LogP contribution >= 0.6 is 0 Å². The Morgan fingerprint density at radius 1 is 1.38 bits per heavy atom. The molecule has 21 heavy (non-hydrogen) atoms. The van der Waals surface area contributed by atoms with Crippen molar-refractivity contribution in [2.75, 3.05) is 11.9 Å². The number of nitrogens with one attached hydrogen (secondary N) is 1. The molecule has 0 saturated heterocycles. The summed E-state index contributed by atoms with van der Waals surface area (Å²) >= 11 is 0. The van der Waals surface area contributed by atoms with Gasteiger partial charge in [0.2, 0.25) is 5.95 Å². The van der Waals surface area contributed by atoms with E-state index in [0.29, 0.717) is 23.8 Å². The molecule has 0 aliphatic rings. The van der Waals surface area contributed by atoms with Crippen LogP contribution in [0.2, 0.25) is 0 Å². The zero-order valence-electron chi connectivity index (χ0n) is 12.0. The Hall–Kier alpha value is -2.57. The minimum Gasteiger partial charge on any atom is -0.354 e. The number of rotatable bonds is 6. The zero-order valence-corrected chi connectivity index (χ0v) is 12.0. The third kappa shape index (κ3) is 3.71. The van der Waals surface area contributed by atoms with Gasteiger partial charge in [-0.1, -0.05) is 13.0 Å². The molecule has 7 nitrogen and oxygen atoms in total. The fraction of sp³-hybridized carbons (Fsp3) is 0.357. The predicted octanol–water partition coefficient (Wildman–Crippen LogP) is 2.50. The van der Waals surface area contributed by atoms with E-state index < -0.39 is 4.92 Å². The second-order valence-corrected chi connectivity index (χ2v) is 4.65. The standard InChI is InChI=1S/C14H17N5O2/c1-3-6-16-14-17-10(2)13(19(20)21)12(18-14)8-11-5-4-7-15-9-11/h4-5,7,9H,3,6,8H2,1-2H3,(H,16,17,18). The highest BCUT2D eigenvalue weighted by Crippen LogP contribution is 2.24. The van der Waals surface area contributed by atoms with Crippen molar-refractivity contribution in [3.8, 4) is 0 Å². The maximum absolute atomic E-state index is 11.2. The third-order valence-electron chi connectivity index (χ3n) is 2.94. The lowest BCUT2D eigenvalue weighted by Gasteiger charge is -2.08. The van der Waals surface area contributed by atoms with Gasteiger partial charge in [0, 0.05) is 25.4 Å². The fourth-order valence-electron chi connectivity index (χ4n) is 2.00. The number of nitro groups is 1. The first-order valence-electron chi connectivity index (χ1n) is 6.76. The summed E-state index contributed by atoms with van der Waals surface area (Å²) in [5, 5.41) is 14.3. The Kier molecular flexibility index (Phi) is 4.76. The number of hydrogen-bond donors (Lipinski definition) is 1. The van der Waals surface area contributed by atoms with E-state index in [1.807, 2.05) is 13.0 Å². The van der Waals surface area contributed by atoms with Gasteiger partial charge in [0.15, 0.2) is 0 Å². The maximum Gasteiger partial charge on any atom is 0.312 e. The number of anilines is 1. The summed E-state index contributed by atoms with van der Waals surface area (Å²) in [5.74, 6) is 0.429. The van der Waals surface area contributed by atoms with Gasteiger partial charge in [0.05, 0.1) is 4.92 Å². The molecule has 0 saturated carbocycles. The molecule has 1 N–H and O–H groups in total. The van der Waals surface area contributed by atoms with Gasteiger partial charge in [-0.25, -0.2) is 9.97 Å². The van der Waals surface area contributed by atoms with Gasteiger partial charge >= 0.3 is 5.69 Å². The summed E-state index contributed by atoms with van der Waals surface area (Å²) in [6.45, 7) is 4.38. The first-order chi connectivity index (χ1) is 10.1. The summed E-state index contributed by atoms with van der Waals surface area (Å²) < 4.78 is 0. The van der Waals surface area contributed by atoms with E-state index in [-0.39, 0.29) is 5.69 Å². The van der Waals surface area contributed by atoms with Gasteiger partial charge in [-0.3, -0.25) is 15.1 Å². The monoisotopic (exact) mass is 287 g/mol. The minimum absolute atomic E-state index is 0.0269. The van der Waals surface area contributed by atoms with E-state index in [1.165, 1.54) is 0 Å². The summed E-state index contributed by atoms with van der Waals surface area (Å²) in [6.07, 6.45) is 4.63. The summed E-state index contributed by atoms with van der Waals surface area (Å²) in [7, 11) is 0. The SMILES string of the molecule is CCCNc1nc(C)c([N+](=O)[O-])c(Cc2cccnc2)n1. The highest BCUT2D eigenvalue weighted by molar-refractivity contribution is 5.46. The molecule has 0 amide bonds. The Morgan fingerprint density at radius 3 is 2.81 bits per heavy atom. The molecule has 0 spiro atoms. The normalized spacial score (nSPS) is 10.4. The summed E-state index contributed by atoms with van der Waals surface area (Å²) in [4.78, 5) is 23.3. The quantitative estimate of drug-likeness (QED) is 0.648. The number of hydrogen-bond acceptors (Lipinski definition) is 6. The average molecular weight is 287 g/mol. The molecule has 0 radical (unpaired) electrons. The second kappa shape index (κ2) is 6.74. The largest absolute Gasteiger partial charge is 0.354 e. The second-order valence-electron chi connectivity index (χ2n) is 4.65. The van der Waals surface area contributed by atoms with Crippen LogP contribution in [-0.2, 0) is 6.42 Å². The molecule has 2 heterocycles. The molecular formula is C14H17N5O2. The molecule has 2 rings (SSSR count). The minimum atomic E-state index is -0.426. The smallest absolute Gasteiger partial charge is 0.312 e. The van der Waals surface area contributed by atoms with Gasteiger partial charge in [-0.05, 0) is 25.0 Å². The number of aryl methyl sites for hydroxylation is 1. The van der Waals surface area contributed by atoms with Crippen molar-refractivity contribution >= 4 is 11.6 Å². The molecule has 2 aromatic rings. The van der Waals surface area contributed by atoms with Crippen LogP contribution in [0, 0.1) is 17.0 Å². The molecule has 0 aliphatic heterocycles. The van der Waals surface area contributed by atoms with E-state index in [9.17, 15) is 10.1 Å².